The van der Waals surface area contributed by atoms with Gasteiger partial charge in [0.05, 0.1) is 11.8 Å². The second-order valence-electron chi connectivity index (χ2n) is 6.69. The fraction of sp³-hybridized carbons (Fsp3) is 0.526. The van der Waals surface area contributed by atoms with Crippen molar-refractivity contribution in [2.24, 2.45) is 0 Å². The molecule has 0 saturated carbocycles. The van der Waals surface area contributed by atoms with Gasteiger partial charge < -0.3 is 9.84 Å². The Bertz CT molecular complexity index is 639. The molecule has 24 heavy (non-hydrogen) atoms. The molecule has 1 aliphatic rings. The summed E-state index contributed by atoms with van der Waals surface area (Å²) in [6.45, 7) is 6.44. The van der Waals surface area contributed by atoms with Crippen molar-refractivity contribution >= 4 is 11.3 Å². The Labute approximate surface area is 148 Å². The fourth-order valence-electron chi connectivity index (χ4n) is 3.24. The molecule has 130 valence electrons. The zero-order valence-corrected chi connectivity index (χ0v) is 15.3. The van der Waals surface area contributed by atoms with Crippen molar-refractivity contribution in [1.29, 1.82) is 0 Å². The van der Waals surface area contributed by atoms with E-state index in [0.717, 1.165) is 36.0 Å². The molecule has 1 aliphatic heterocycles. The van der Waals surface area contributed by atoms with Gasteiger partial charge in [0.25, 0.3) is 0 Å². The third-order valence-corrected chi connectivity index (χ3v) is 5.33. The van der Waals surface area contributed by atoms with Crippen LogP contribution in [0.15, 0.2) is 29.6 Å². The van der Waals surface area contributed by atoms with Crippen LogP contribution in [0.1, 0.15) is 42.5 Å². The minimum atomic E-state index is -0.232. The zero-order valence-electron chi connectivity index (χ0n) is 14.4. The summed E-state index contributed by atoms with van der Waals surface area (Å²) in [4.78, 5) is 7.16. The van der Waals surface area contributed by atoms with E-state index in [2.05, 4.69) is 29.3 Å². The molecule has 4 nitrogen and oxygen atoms in total. The van der Waals surface area contributed by atoms with Gasteiger partial charge in [-0.3, -0.25) is 4.90 Å². The fourth-order valence-corrected chi connectivity index (χ4v) is 3.94. The first kappa shape index (κ1) is 17.4. The lowest BCUT2D eigenvalue weighted by molar-refractivity contribution is 0.130. The minimum Gasteiger partial charge on any atom is -0.486 e. The van der Waals surface area contributed by atoms with Crippen molar-refractivity contribution in [1.82, 2.24) is 9.88 Å². The number of aliphatic hydroxyl groups is 1. The van der Waals surface area contributed by atoms with Crippen LogP contribution in [0.4, 0.5) is 0 Å². The summed E-state index contributed by atoms with van der Waals surface area (Å²) in [5.74, 6) is 0.883. The summed E-state index contributed by atoms with van der Waals surface area (Å²) >= 11 is 1.66. The lowest BCUT2D eigenvalue weighted by Crippen LogP contribution is -2.31. The van der Waals surface area contributed by atoms with Crippen molar-refractivity contribution in [3.8, 4) is 5.75 Å². The van der Waals surface area contributed by atoms with Crippen molar-refractivity contribution in [3.05, 3.63) is 45.9 Å². The highest BCUT2D eigenvalue weighted by molar-refractivity contribution is 7.09. The van der Waals surface area contributed by atoms with E-state index < -0.39 is 0 Å². The van der Waals surface area contributed by atoms with E-state index in [1.165, 1.54) is 18.4 Å². The Hall–Kier alpha value is -1.43. The molecule has 1 aromatic heterocycles. The Morgan fingerprint density at radius 1 is 1.38 bits per heavy atom. The lowest BCUT2D eigenvalue weighted by atomic mass is 10.1. The Kier molecular flexibility index (Phi) is 5.87. The predicted molar refractivity (Wildman–Crippen MR) is 97.4 cm³/mol. The molecule has 2 unspecified atom stereocenters. The SMILES string of the molecule is Cc1ccc(OCc2nc(CN3CCCC3CC(C)O)cs2)cc1. The number of hydrogen-bond donors (Lipinski definition) is 1. The van der Waals surface area contributed by atoms with Gasteiger partial charge in [0.1, 0.15) is 17.4 Å². The van der Waals surface area contributed by atoms with Crippen LogP contribution in [0, 0.1) is 6.92 Å². The van der Waals surface area contributed by atoms with Gasteiger partial charge in [-0.2, -0.15) is 0 Å². The molecule has 1 saturated heterocycles. The molecule has 2 aromatic rings. The van der Waals surface area contributed by atoms with E-state index in [0.29, 0.717) is 12.6 Å². The number of benzene rings is 1. The molecule has 5 heteroatoms. The molecular weight excluding hydrogens is 320 g/mol. The van der Waals surface area contributed by atoms with Crippen LogP contribution in [0.2, 0.25) is 0 Å². The van der Waals surface area contributed by atoms with Crippen molar-refractivity contribution in [2.75, 3.05) is 6.54 Å². The number of thiazole rings is 1. The van der Waals surface area contributed by atoms with Gasteiger partial charge in [0.2, 0.25) is 0 Å². The monoisotopic (exact) mass is 346 g/mol. The topological polar surface area (TPSA) is 45.6 Å². The number of ether oxygens (including phenoxy) is 1. The molecule has 0 radical (unpaired) electrons. The maximum absolute atomic E-state index is 9.64. The zero-order chi connectivity index (χ0) is 16.9. The van der Waals surface area contributed by atoms with Crippen LogP contribution < -0.4 is 4.74 Å². The maximum Gasteiger partial charge on any atom is 0.140 e. The first-order valence-electron chi connectivity index (χ1n) is 8.65. The van der Waals surface area contributed by atoms with Gasteiger partial charge in [-0.25, -0.2) is 4.98 Å². The van der Waals surface area contributed by atoms with Gasteiger partial charge >= 0.3 is 0 Å². The molecule has 3 rings (SSSR count). The van der Waals surface area contributed by atoms with Gasteiger partial charge in [0, 0.05) is 18.0 Å². The number of aromatic nitrogens is 1. The molecule has 2 heterocycles. The van der Waals surface area contributed by atoms with E-state index in [1.54, 1.807) is 11.3 Å². The highest BCUT2D eigenvalue weighted by atomic mass is 32.1. The minimum absolute atomic E-state index is 0.232. The third-order valence-electron chi connectivity index (χ3n) is 4.46. The van der Waals surface area contributed by atoms with E-state index in [1.807, 2.05) is 19.1 Å². The highest BCUT2D eigenvalue weighted by Crippen LogP contribution is 2.24. The molecular formula is C19H26N2O2S. The van der Waals surface area contributed by atoms with Gasteiger partial charge in [-0.1, -0.05) is 17.7 Å². The van der Waals surface area contributed by atoms with Crippen LogP contribution in [-0.4, -0.2) is 33.7 Å². The summed E-state index contributed by atoms with van der Waals surface area (Å²) in [5, 5.41) is 12.8. The highest BCUT2D eigenvalue weighted by Gasteiger charge is 2.26. The standard InChI is InChI=1S/C19H26N2O2S/c1-14-5-7-18(8-6-14)23-12-19-20-16(13-24-19)11-21-9-3-4-17(21)10-15(2)22/h5-8,13,15,17,22H,3-4,9-12H2,1-2H3. The first-order chi connectivity index (χ1) is 11.6. The van der Waals surface area contributed by atoms with Gasteiger partial charge in [-0.05, 0) is 51.8 Å². The van der Waals surface area contributed by atoms with Crippen LogP contribution in [0.25, 0.3) is 0 Å². The summed E-state index contributed by atoms with van der Waals surface area (Å²) < 4.78 is 5.81. The van der Waals surface area contributed by atoms with E-state index >= 15 is 0 Å². The Morgan fingerprint density at radius 2 is 2.17 bits per heavy atom. The summed E-state index contributed by atoms with van der Waals surface area (Å²) in [7, 11) is 0. The number of likely N-dealkylation sites (tertiary alicyclic amines) is 1. The molecule has 2 atom stereocenters. The van der Waals surface area contributed by atoms with E-state index in [9.17, 15) is 5.11 Å². The van der Waals surface area contributed by atoms with Crippen LogP contribution >= 0.6 is 11.3 Å². The number of nitrogens with zero attached hydrogens (tertiary/aromatic N) is 2. The van der Waals surface area contributed by atoms with Gasteiger partial charge in [0.15, 0.2) is 0 Å². The average Bonchev–Trinajstić information content (AvgIpc) is 3.17. The first-order valence-corrected chi connectivity index (χ1v) is 9.53. The van der Waals surface area contributed by atoms with E-state index in [4.69, 9.17) is 9.72 Å². The molecule has 0 aliphatic carbocycles. The lowest BCUT2D eigenvalue weighted by Gasteiger charge is -2.24. The summed E-state index contributed by atoms with van der Waals surface area (Å²) in [6.07, 6.45) is 3.01. The van der Waals surface area contributed by atoms with Crippen molar-refractivity contribution in [3.63, 3.8) is 0 Å². The van der Waals surface area contributed by atoms with Crippen LogP contribution in [0.5, 0.6) is 5.75 Å². The second-order valence-corrected chi connectivity index (χ2v) is 7.63. The number of aryl methyl sites for hydroxylation is 1. The Morgan fingerprint density at radius 3 is 2.92 bits per heavy atom. The Balaban J connectivity index is 1.52. The second kappa shape index (κ2) is 8.10. The number of hydrogen-bond acceptors (Lipinski definition) is 5. The molecule has 1 fully saturated rings. The predicted octanol–water partition coefficient (Wildman–Crippen LogP) is 3.77. The maximum atomic E-state index is 9.64. The number of aliphatic hydroxyl groups excluding tert-OH is 1. The third kappa shape index (κ3) is 4.79. The van der Waals surface area contributed by atoms with Gasteiger partial charge in [-0.15, -0.1) is 11.3 Å². The normalized spacial score (nSPS) is 19.5. The molecule has 1 N–H and O–H groups in total. The summed E-state index contributed by atoms with van der Waals surface area (Å²) in [5.41, 5.74) is 2.34. The van der Waals surface area contributed by atoms with Crippen molar-refractivity contribution in [2.45, 2.75) is 58.4 Å². The van der Waals surface area contributed by atoms with E-state index in [-0.39, 0.29) is 6.10 Å². The quantitative estimate of drug-likeness (QED) is 0.829. The molecule has 1 aromatic carbocycles. The number of rotatable bonds is 7. The molecule has 0 bridgehead atoms. The largest absolute Gasteiger partial charge is 0.486 e. The van der Waals surface area contributed by atoms with Crippen LogP contribution in [-0.2, 0) is 13.2 Å². The summed E-state index contributed by atoms with van der Waals surface area (Å²) in [6, 6.07) is 8.58. The molecule has 0 amide bonds. The average molecular weight is 346 g/mol. The molecule has 0 spiro atoms. The smallest absolute Gasteiger partial charge is 0.140 e. The van der Waals surface area contributed by atoms with Crippen LogP contribution in [0.3, 0.4) is 0 Å². The van der Waals surface area contributed by atoms with Crippen molar-refractivity contribution < 1.29 is 9.84 Å².